The number of fused-ring (bicyclic) bond motifs is 4. The molecule has 0 unspecified atom stereocenters. The van der Waals surface area contributed by atoms with E-state index in [-0.39, 0.29) is 21.8 Å². The number of non-ortho nitro benzene ring substituents is 1. The number of aryl methyl sites for hydroxylation is 1. The zero-order chi connectivity index (χ0) is 15.6. The molecule has 0 spiro atoms. The Morgan fingerprint density at radius 3 is 2.45 bits per heavy atom. The standard InChI is InChI=1S/C18H15NO3/c1-18(2)15-8-11(19(21)22)4-5-12(15)14-7-10-3-6-17(20)13(10)9-16(14)18/h4-5,7-9H,3,6H2,1-2H3. The first-order valence-corrected chi connectivity index (χ1v) is 7.39. The van der Waals surface area contributed by atoms with Gasteiger partial charge in [-0.3, -0.25) is 14.9 Å². The van der Waals surface area contributed by atoms with Gasteiger partial charge in [0, 0.05) is 29.5 Å². The fourth-order valence-corrected chi connectivity index (χ4v) is 3.78. The van der Waals surface area contributed by atoms with Crippen molar-refractivity contribution in [2.24, 2.45) is 0 Å². The van der Waals surface area contributed by atoms with Gasteiger partial charge in [0.2, 0.25) is 0 Å². The largest absolute Gasteiger partial charge is 0.294 e. The van der Waals surface area contributed by atoms with Crippen molar-refractivity contribution in [3.63, 3.8) is 0 Å². The van der Waals surface area contributed by atoms with Crippen molar-refractivity contribution in [2.75, 3.05) is 0 Å². The molecule has 22 heavy (non-hydrogen) atoms. The molecular weight excluding hydrogens is 278 g/mol. The monoisotopic (exact) mass is 293 g/mol. The Morgan fingerprint density at radius 1 is 1.00 bits per heavy atom. The maximum absolute atomic E-state index is 12.0. The molecule has 0 saturated carbocycles. The first-order chi connectivity index (χ1) is 10.4. The fraction of sp³-hybridized carbons (Fsp3) is 0.278. The fourth-order valence-electron chi connectivity index (χ4n) is 3.78. The van der Waals surface area contributed by atoms with Crippen LogP contribution < -0.4 is 0 Å². The van der Waals surface area contributed by atoms with E-state index in [4.69, 9.17) is 0 Å². The van der Waals surface area contributed by atoms with Crippen LogP contribution in [-0.2, 0) is 11.8 Å². The minimum atomic E-state index is -0.358. The molecule has 0 saturated heterocycles. The molecular formula is C18H15NO3. The van der Waals surface area contributed by atoms with Crippen LogP contribution in [0.2, 0.25) is 0 Å². The maximum Gasteiger partial charge on any atom is 0.269 e. The van der Waals surface area contributed by atoms with Gasteiger partial charge in [0.05, 0.1) is 4.92 Å². The highest BCUT2D eigenvalue weighted by molar-refractivity contribution is 6.02. The molecule has 0 N–H and O–H groups in total. The first kappa shape index (κ1) is 13.2. The van der Waals surface area contributed by atoms with Gasteiger partial charge in [-0.2, -0.15) is 0 Å². The lowest BCUT2D eigenvalue weighted by molar-refractivity contribution is -0.384. The van der Waals surface area contributed by atoms with Crippen molar-refractivity contribution >= 4 is 11.5 Å². The number of ketones is 1. The molecule has 0 aromatic heterocycles. The number of carbonyl (C=O) groups is 1. The predicted octanol–water partition coefficient (Wildman–Crippen LogP) is 4.03. The van der Waals surface area contributed by atoms with Crippen molar-refractivity contribution in [1.29, 1.82) is 0 Å². The normalized spacial score (nSPS) is 17.1. The van der Waals surface area contributed by atoms with E-state index < -0.39 is 0 Å². The number of nitro groups is 1. The minimum absolute atomic E-state index is 0.114. The number of rotatable bonds is 1. The van der Waals surface area contributed by atoms with Crippen LogP contribution >= 0.6 is 0 Å². The summed E-state index contributed by atoms with van der Waals surface area (Å²) in [5, 5.41) is 11.1. The third-order valence-electron chi connectivity index (χ3n) is 5.02. The average Bonchev–Trinajstić information content (AvgIpc) is 2.95. The van der Waals surface area contributed by atoms with Gasteiger partial charge in [0.1, 0.15) is 0 Å². The lowest BCUT2D eigenvalue weighted by Crippen LogP contribution is -2.15. The summed E-state index contributed by atoms with van der Waals surface area (Å²) in [5.74, 6) is 0.204. The molecule has 0 bridgehead atoms. The zero-order valence-corrected chi connectivity index (χ0v) is 12.5. The molecule has 0 amide bonds. The van der Waals surface area contributed by atoms with Crippen LogP contribution in [0.15, 0.2) is 30.3 Å². The molecule has 0 aliphatic heterocycles. The van der Waals surface area contributed by atoms with Crippen LogP contribution in [-0.4, -0.2) is 10.7 Å². The van der Waals surface area contributed by atoms with E-state index in [1.807, 2.05) is 12.1 Å². The predicted molar refractivity (Wildman–Crippen MR) is 83.3 cm³/mol. The van der Waals surface area contributed by atoms with Gasteiger partial charge < -0.3 is 0 Å². The average molecular weight is 293 g/mol. The summed E-state index contributed by atoms with van der Waals surface area (Å²) in [6, 6.07) is 9.18. The quantitative estimate of drug-likeness (QED) is 0.589. The highest BCUT2D eigenvalue weighted by Crippen LogP contribution is 2.50. The number of Topliss-reactive ketones (excluding diaryl/α,β-unsaturated/α-hetero) is 1. The molecule has 4 rings (SSSR count). The van der Waals surface area contributed by atoms with Crippen LogP contribution in [0.1, 0.15) is 47.3 Å². The topological polar surface area (TPSA) is 60.2 Å². The summed E-state index contributed by atoms with van der Waals surface area (Å²) in [4.78, 5) is 22.7. The Kier molecular flexibility index (Phi) is 2.42. The van der Waals surface area contributed by atoms with E-state index in [2.05, 4.69) is 19.9 Å². The minimum Gasteiger partial charge on any atom is -0.294 e. The Balaban J connectivity index is 2.00. The summed E-state index contributed by atoms with van der Waals surface area (Å²) < 4.78 is 0. The van der Waals surface area contributed by atoms with E-state index >= 15 is 0 Å². The molecule has 0 radical (unpaired) electrons. The highest BCUT2D eigenvalue weighted by atomic mass is 16.6. The Labute approximate surface area is 127 Å². The van der Waals surface area contributed by atoms with Crippen molar-refractivity contribution in [1.82, 2.24) is 0 Å². The van der Waals surface area contributed by atoms with Crippen molar-refractivity contribution < 1.29 is 9.72 Å². The molecule has 2 aliphatic carbocycles. The summed E-state index contributed by atoms with van der Waals surface area (Å²) in [7, 11) is 0. The lowest BCUT2D eigenvalue weighted by atomic mass is 9.81. The number of hydrogen-bond donors (Lipinski definition) is 0. The second-order valence-electron chi connectivity index (χ2n) is 6.59. The molecule has 2 aliphatic rings. The number of benzene rings is 2. The van der Waals surface area contributed by atoms with Crippen molar-refractivity contribution in [3.8, 4) is 11.1 Å². The molecule has 2 aromatic rings. The molecule has 0 atom stereocenters. The van der Waals surface area contributed by atoms with E-state index in [0.29, 0.717) is 6.42 Å². The summed E-state index contributed by atoms with van der Waals surface area (Å²) >= 11 is 0. The highest BCUT2D eigenvalue weighted by Gasteiger charge is 2.38. The van der Waals surface area contributed by atoms with Gasteiger partial charge in [0.25, 0.3) is 5.69 Å². The first-order valence-electron chi connectivity index (χ1n) is 7.39. The molecule has 110 valence electrons. The number of carbonyl (C=O) groups excluding carboxylic acids is 1. The van der Waals surface area contributed by atoms with Crippen LogP contribution in [0.5, 0.6) is 0 Å². The molecule has 0 fully saturated rings. The molecule has 2 aromatic carbocycles. The summed E-state index contributed by atoms with van der Waals surface area (Å²) in [6.07, 6.45) is 1.38. The van der Waals surface area contributed by atoms with E-state index in [1.165, 1.54) is 0 Å². The lowest BCUT2D eigenvalue weighted by Gasteiger charge is -2.21. The second-order valence-corrected chi connectivity index (χ2v) is 6.59. The number of nitrogens with zero attached hydrogens (tertiary/aromatic N) is 1. The van der Waals surface area contributed by atoms with E-state index in [1.54, 1.807) is 12.1 Å². The SMILES string of the molecule is CC1(C)c2cc([N+](=O)[O-])ccc2-c2cc3c(cc21)C(=O)CC3. The van der Waals surface area contributed by atoms with Gasteiger partial charge in [-0.1, -0.05) is 19.9 Å². The van der Waals surface area contributed by atoms with E-state index in [0.717, 1.165) is 39.8 Å². The van der Waals surface area contributed by atoms with Crippen molar-refractivity contribution in [2.45, 2.75) is 32.1 Å². The van der Waals surface area contributed by atoms with Gasteiger partial charge in [-0.15, -0.1) is 0 Å². The van der Waals surface area contributed by atoms with Crippen molar-refractivity contribution in [3.05, 3.63) is 62.7 Å². The smallest absolute Gasteiger partial charge is 0.269 e. The molecule has 0 heterocycles. The van der Waals surface area contributed by atoms with Gasteiger partial charge in [-0.25, -0.2) is 0 Å². The summed E-state index contributed by atoms with van der Waals surface area (Å²) in [5.41, 5.74) is 5.94. The van der Waals surface area contributed by atoms with E-state index in [9.17, 15) is 14.9 Å². The van der Waals surface area contributed by atoms with Crippen LogP contribution in [0.25, 0.3) is 11.1 Å². The zero-order valence-electron chi connectivity index (χ0n) is 12.5. The van der Waals surface area contributed by atoms with Gasteiger partial charge in [-0.05, 0) is 46.4 Å². The van der Waals surface area contributed by atoms with Crippen LogP contribution in [0, 0.1) is 10.1 Å². The molecule has 4 heteroatoms. The van der Waals surface area contributed by atoms with Crippen LogP contribution in [0.4, 0.5) is 5.69 Å². The Morgan fingerprint density at radius 2 is 1.73 bits per heavy atom. The maximum atomic E-state index is 12.0. The number of nitro benzene ring substituents is 1. The third-order valence-corrected chi connectivity index (χ3v) is 5.02. The van der Waals surface area contributed by atoms with Crippen LogP contribution in [0.3, 0.4) is 0 Å². The second kappa shape index (κ2) is 4.03. The summed E-state index contributed by atoms with van der Waals surface area (Å²) in [6.45, 7) is 4.13. The van der Waals surface area contributed by atoms with Gasteiger partial charge >= 0.3 is 0 Å². The Bertz CT molecular complexity index is 865. The van der Waals surface area contributed by atoms with Gasteiger partial charge in [0.15, 0.2) is 5.78 Å². The third kappa shape index (κ3) is 1.55. The molecule has 4 nitrogen and oxygen atoms in total. The number of hydrogen-bond acceptors (Lipinski definition) is 3. The Hall–Kier alpha value is -2.49.